The van der Waals surface area contributed by atoms with Crippen LogP contribution in [0.25, 0.3) is 0 Å². The fourth-order valence-corrected chi connectivity index (χ4v) is 8.21. The zero-order valence-electron chi connectivity index (χ0n) is 24.2. The number of nitrogens with one attached hydrogen (secondary N) is 2. The van der Waals surface area contributed by atoms with Crippen molar-refractivity contribution in [2.24, 2.45) is 33.7 Å². The molecule has 1 aromatic rings. The molecule has 0 spiro atoms. The third-order valence-corrected chi connectivity index (χ3v) is 10.9. The van der Waals surface area contributed by atoms with Crippen molar-refractivity contribution >= 4 is 23.3 Å². The minimum Gasteiger partial charge on any atom is -0.595 e. The van der Waals surface area contributed by atoms with Crippen LogP contribution in [0, 0.1) is 33.8 Å². The first-order valence-electron chi connectivity index (χ1n) is 14.6. The van der Waals surface area contributed by atoms with Gasteiger partial charge in [0, 0.05) is 17.5 Å². The zero-order chi connectivity index (χ0) is 30.4. The van der Waals surface area contributed by atoms with E-state index in [0.717, 1.165) is 44.6 Å². The van der Waals surface area contributed by atoms with E-state index in [1.54, 1.807) is 0 Å². The second-order valence-corrected chi connectivity index (χ2v) is 13.0. The van der Waals surface area contributed by atoms with Gasteiger partial charge in [0.15, 0.2) is 18.3 Å². The van der Waals surface area contributed by atoms with E-state index < -0.39 is 41.5 Å². The van der Waals surface area contributed by atoms with Gasteiger partial charge in [0.1, 0.15) is 11.8 Å². The Balaban J connectivity index is 1.20. The van der Waals surface area contributed by atoms with Crippen LogP contribution < -0.4 is 10.5 Å². The Morgan fingerprint density at radius 1 is 1.19 bits per heavy atom. The Labute approximate surface area is 245 Å². The number of amides is 1. The normalized spacial score (nSPS) is 36.6. The molecule has 0 bridgehead atoms. The average molecular weight is 584 g/mol. The lowest BCUT2D eigenvalue weighted by atomic mass is 9.47. The number of aliphatic hydroxyl groups excluding tert-OH is 1. The molecule has 3 saturated carbocycles. The minimum atomic E-state index is -1.72. The standard InChI is InChI=1S/C31H41N3O8/c1-29-12-9-20(16-19(29)7-8-22-23(29)10-13-30(2)24(22)11-14-31(30,3)39)33-42-17-25(35)32-26(28(37)38)27(36)18-5-4-6-21(15-18)34(40)41/h4-6,9,12,15-16,22-24,26-27,34,36,39-40H,7-8,10-11,13-14,17H2,1-3H3,(H,32,35)(H,37,38)/t22?,23?,24?,26?,27?,29-,30-,31-/m0/s1. The maximum Gasteiger partial charge on any atom is 0.329 e. The van der Waals surface area contributed by atoms with Crippen LogP contribution in [0.1, 0.15) is 71.0 Å². The van der Waals surface area contributed by atoms with E-state index in [1.807, 2.05) is 19.1 Å². The minimum absolute atomic E-state index is 0.0383. The molecule has 4 aliphatic rings. The lowest BCUT2D eigenvalue weighted by Gasteiger charge is -2.58. The smallest absolute Gasteiger partial charge is 0.329 e. The number of benzene rings is 1. The number of aliphatic carboxylic acids is 1. The molecule has 0 aromatic heterocycles. The van der Waals surface area contributed by atoms with Crippen molar-refractivity contribution in [3.63, 3.8) is 0 Å². The second kappa shape index (κ2) is 11.2. The van der Waals surface area contributed by atoms with E-state index in [2.05, 4.69) is 30.4 Å². The monoisotopic (exact) mass is 583 g/mol. The van der Waals surface area contributed by atoms with E-state index in [1.165, 1.54) is 23.8 Å². The number of fused-ring (bicyclic) bond motifs is 5. The molecule has 0 radical (unpaired) electrons. The number of carbonyl (C=O) groups excluding carboxylic acids is 1. The van der Waals surface area contributed by atoms with Crippen molar-refractivity contribution in [3.8, 4) is 0 Å². The maximum atomic E-state index is 12.5. The Bertz CT molecular complexity index is 1320. The first-order valence-corrected chi connectivity index (χ1v) is 14.6. The van der Waals surface area contributed by atoms with Gasteiger partial charge >= 0.3 is 5.97 Å². The van der Waals surface area contributed by atoms with Gasteiger partial charge in [0.2, 0.25) is 0 Å². The number of carbonyl (C=O) groups is 2. The Morgan fingerprint density at radius 2 is 1.93 bits per heavy atom. The van der Waals surface area contributed by atoms with Gasteiger partial charge in [-0.2, -0.15) is 5.23 Å². The molecule has 0 aliphatic heterocycles. The Morgan fingerprint density at radius 3 is 2.64 bits per heavy atom. The summed E-state index contributed by atoms with van der Waals surface area (Å²) in [6.45, 7) is 6.02. The summed E-state index contributed by atoms with van der Waals surface area (Å²) >= 11 is 0. The topological polar surface area (TPSA) is 176 Å². The van der Waals surface area contributed by atoms with Gasteiger partial charge in [-0.1, -0.05) is 42.8 Å². The highest BCUT2D eigenvalue weighted by Gasteiger charge is 2.62. The third kappa shape index (κ3) is 5.28. The molecule has 1 aromatic carbocycles. The summed E-state index contributed by atoms with van der Waals surface area (Å²) in [6, 6.07) is 3.52. The van der Waals surface area contributed by atoms with Gasteiger partial charge in [-0.25, -0.2) is 10.0 Å². The lowest BCUT2D eigenvalue weighted by Crippen LogP contribution is -2.99. The van der Waals surface area contributed by atoms with Gasteiger partial charge in [-0.05, 0) is 86.3 Å². The molecule has 6 unspecified atom stereocenters. The van der Waals surface area contributed by atoms with Gasteiger partial charge < -0.3 is 30.7 Å². The van der Waals surface area contributed by atoms with Crippen LogP contribution in [-0.4, -0.2) is 56.4 Å². The third-order valence-electron chi connectivity index (χ3n) is 10.9. The molecule has 228 valence electrons. The molecule has 3 fully saturated rings. The van der Waals surface area contributed by atoms with Crippen LogP contribution >= 0.6 is 0 Å². The lowest BCUT2D eigenvalue weighted by molar-refractivity contribution is -0.991. The predicted octanol–water partition coefficient (Wildman–Crippen LogP) is 2.56. The number of carboxylic acid groups (broad SMARTS) is 1. The predicted molar refractivity (Wildman–Crippen MR) is 152 cm³/mol. The molecule has 6 N–H and O–H groups in total. The Hall–Kier alpha value is -3.09. The van der Waals surface area contributed by atoms with E-state index in [4.69, 9.17) is 10.0 Å². The number of carboxylic acids is 1. The molecule has 0 heterocycles. The van der Waals surface area contributed by atoms with Crippen LogP contribution in [0.3, 0.4) is 0 Å². The van der Waals surface area contributed by atoms with Crippen molar-refractivity contribution in [2.75, 3.05) is 6.61 Å². The second-order valence-electron chi connectivity index (χ2n) is 13.0. The van der Waals surface area contributed by atoms with E-state index in [0.29, 0.717) is 23.5 Å². The molecular weight excluding hydrogens is 542 g/mol. The van der Waals surface area contributed by atoms with Crippen LogP contribution in [0.5, 0.6) is 0 Å². The maximum absolute atomic E-state index is 12.5. The van der Waals surface area contributed by atoms with Gasteiger partial charge in [-0.15, -0.1) is 0 Å². The summed E-state index contributed by atoms with van der Waals surface area (Å²) in [6.07, 6.45) is 10.4. The number of hydrogen-bond acceptors (Lipinski definition) is 8. The highest BCUT2D eigenvalue weighted by molar-refractivity contribution is 6.05. The fraction of sp³-hybridized carbons (Fsp3) is 0.581. The number of rotatable bonds is 8. The quantitative estimate of drug-likeness (QED) is 0.253. The summed E-state index contributed by atoms with van der Waals surface area (Å²) < 4.78 is 0. The van der Waals surface area contributed by atoms with E-state index in [9.17, 15) is 30.1 Å². The number of oxime groups is 1. The van der Waals surface area contributed by atoms with Crippen LogP contribution in [0.4, 0.5) is 5.69 Å². The molecule has 11 heteroatoms. The molecule has 4 aliphatic carbocycles. The van der Waals surface area contributed by atoms with Gasteiger partial charge in [0.25, 0.3) is 5.91 Å². The van der Waals surface area contributed by atoms with E-state index >= 15 is 0 Å². The Kier molecular flexibility index (Phi) is 8.10. The van der Waals surface area contributed by atoms with Crippen molar-refractivity contribution in [1.29, 1.82) is 0 Å². The van der Waals surface area contributed by atoms with Crippen LogP contribution in [-0.2, 0) is 14.4 Å². The highest BCUT2D eigenvalue weighted by Crippen LogP contribution is 2.66. The summed E-state index contributed by atoms with van der Waals surface area (Å²) in [7, 11) is 0. The molecular formula is C31H41N3O8. The number of nitrogens with zero attached hydrogens (tertiary/aromatic N) is 1. The number of hydrogen-bond donors (Lipinski definition) is 6. The average Bonchev–Trinajstić information content (AvgIpc) is 3.19. The SMILES string of the molecule is C[C@]12C=CC(=NOCC(=O)NC(C(=O)O)C(O)c3cccc([NH+]([O-])O)c3)C=C1CCC1C2CC[C@@]2(C)C1CC[C@]2(C)O. The van der Waals surface area contributed by atoms with Crippen LogP contribution in [0.2, 0.25) is 0 Å². The summed E-state index contributed by atoms with van der Waals surface area (Å²) in [4.78, 5) is 29.5. The fourth-order valence-electron chi connectivity index (χ4n) is 8.21. The number of allylic oxidation sites excluding steroid dienone is 4. The molecule has 1 amide bonds. The first-order chi connectivity index (χ1) is 19.8. The van der Waals surface area contributed by atoms with Gasteiger partial charge in [-0.3, -0.25) is 4.79 Å². The molecule has 0 saturated heterocycles. The summed E-state index contributed by atoms with van der Waals surface area (Å²) in [5.74, 6) is -0.710. The summed E-state index contributed by atoms with van der Waals surface area (Å²) in [5.41, 5.74) is 1.03. The number of aliphatic hydroxyl groups is 2. The largest absolute Gasteiger partial charge is 0.595 e. The molecule has 42 heavy (non-hydrogen) atoms. The van der Waals surface area contributed by atoms with Crippen LogP contribution in [0.15, 0.2) is 53.2 Å². The zero-order valence-corrected chi connectivity index (χ0v) is 24.2. The van der Waals surface area contributed by atoms with Crippen molar-refractivity contribution < 1.29 is 40.2 Å². The first kappa shape index (κ1) is 30.4. The van der Waals surface area contributed by atoms with Crippen molar-refractivity contribution in [2.45, 2.75) is 77.0 Å². The molecule has 11 nitrogen and oxygen atoms in total. The highest BCUT2D eigenvalue weighted by atomic mass is 16.8. The molecule has 9 atom stereocenters. The molecule has 5 rings (SSSR count). The van der Waals surface area contributed by atoms with Crippen molar-refractivity contribution in [3.05, 3.63) is 58.8 Å². The van der Waals surface area contributed by atoms with E-state index in [-0.39, 0.29) is 22.1 Å². The number of quaternary nitrogens is 1. The van der Waals surface area contributed by atoms with Crippen molar-refractivity contribution in [1.82, 2.24) is 5.32 Å². The van der Waals surface area contributed by atoms with Gasteiger partial charge in [0.05, 0.1) is 5.60 Å². The summed E-state index contributed by atoms with van der Waals surface area (Å²) in [5, 5.41) is 56.8.